The summed E-state index contributed by atoms with van der Waals surface area (Å²) in [5, 5.41) is 7.45. The molecule has 1 rings (SSSR count). The minimum Gasteiger partial charge on any atom is -0.465 e. The van der Waals surface area contributed by atoms with Crippen molar-refractivity contribution >= 4 is 5.97 Å². The summed E-state index contributed by atoms with van der Waals surface area (Å²) in [5.41, 5.74) is 3.42. The maximum absolute atomic E-state index is 11.7. The SMILES string of the molecule is CCOC(=O)C(Cn1nc(C)c(CC)c1C)NC. The molecule has 1 N–H and O–H groups in total. The lowest BCUT2D eigenvalue weighted by atomic mass is 10.1. The molecule has 0 aliphatic heterocycles. The zero-order valence-electron chi connectivity index (χ0n) is 11.9. The molecule has 1 atom stereocenters. The van der Waals surface area contributed by atoms with Crippen molar-refractivity contribution in [3.05, 3.63) is 17.0 Å². The van der Waals surface area contributed by atoms with Crippen LogP contribution in [-0.4, -0.2) is 35.4 Å². The molecule has 1 aromatic heterocycles. The van der Waals surface area contributed by atoms with Gasteiger partial charge in [0.25, 0.3) is 0 Å². The predicted octanol–water partition coefficient (Wildman–Crippen LogP) is 1.21. The van der Waals surface area contributed by atoms with Crippen molar-refractivity contribution in [2.75, 3.05) is 13.7 Å². The zero-order valence-corrected chi connectivity index (χ0v) is 11.9. The van der Waals surface area contributed by atoms with E-state index in [1.165, 1.54) is 5.56 Å². The number of nitrogens with zero attached hydrogens (tertiary/aromatic N) is 2. The van der Waals surface area contributed by atoms with E-state index >= 15 is 0 Å². The van der Waals surface area contributed by atoms with E-state index in [4.69, 9.17) is 4.74 Å². The smallest absolute Gasteiger partial charge is 0.325 e. The molecule has 5 heteroatoms. The third-order valence-electron chi connectivity index (χ3n) is 3.16. The second-order valence-electron chi connectivity index (χ2n) is 4.28. The molecular formula is C13H23N3O2. The van der Waals surface area contributed by atoms with Crippen molar-refractivity contribution in [3.8, 4) is 0 Å². The average Bonchev–Trinajstić information content (AvgIpc) is 2.61. The molecule has 0 fully saturated rings. The summed E-state index contributed by atoms with van der Waals surface area (Å²) < 4.78 is 6.91. The molecule has 0 radical (unpaired) electrons. The number of carbonyl (C=O) groups excluding carboxylic acids is 1. The van der Waals surface area contributed by atoms with Gasteiger partial charge in [0.05, 0.1) is 18.8 Å². The van der Waals surface area contributed by atoms with Gasteiger partial charge in [-0.15, -0.1) is 0 Å². The highest BCUT2D eigenvalue weighted by molar-refractivity contribution is 5.75. The molecule has 102 valence electrons. The number of esters is 1. The number of ether oxygens (including phenoxy) is 1. The molecule has 0 saturated carbocycles. The van der Waals surface area contributed by atoms with E-state index in [9.17, 15) is 4.79 Å². The van der Waals surface area contributed by atoms with Gasteiger partial charge in [0.15, 0.2) is 0 Å². The number of hydrogen-bond acceptors (Lipinski definition) is 4. The summed E-state index contributed by atoms with van der Waals surface area (Å²) >= 11 is 0. The quantitative estimate of drug-likeness (QED) is 0.774. The lowest BCUT2D eigenvalue weighted by molar-refractivity contribution is -0.145. The van der Waals surface area contributed by atoms with Gasteiger partial charge in [0.1, 0.15) is 6.04 Å². The molecule has 0 amide bonds. The number of hydrogen-bond donors (Lipinski definition) is 1. The van der Waals surface area contributed by atoms with Gasteiger partial charge in [-0.3, -0.25) is 9.48 Å². The van der Waals surface area contributed by atoms with Crippen molar-refractivity contribution in [1.29, 1.82) is 0 Å². The van der Waals surface area contributed by atoms with Gasteiger partial charge in [-0.1, -0.05) is 6.92 Å². The van der Waals surface area contributed by atoms with Gasteiger partial charge in [-0.2, -0.15) is 5.10 Å². The van der Waals surface area contributed by atoms with Crippen molar-refractivity contribution in [2.24, 2.45) is 0 Å². The lowest BCUT2D eigenvalue weighted by Gasteiger charge is -2.15. The summed E-state index contributed by atoms with van der Waals surface area (Å²) in [4.78, 5) is 11.7. The number of aryl methyl sites for hydroxylation is 1. The first kappa shape index (κ1) is 14.7. The molecule has 0 aromatic carbocycles. The highest BCUT2D eigenvalue weighted by Gasteiger charge is 2.20. The van der Waals surface area contributed by atoms with E-state index in [2.05, 4.69) is 17.3 Å². The molecule has 1 unspecified atom stereocenters. The Labute approximate surface area is 109 Å². The molecule has 5 nitrogen and oxygen atoms in total. The first-order valence-corrected chi connectivity index (χ1v) is 6.41. The highest BCUT2D eigenvalue weighted by Crippen LogP contribution is 2.14. The fraction of sp³-hybridized carbons (Fsp3) is 0.692. The van der Waals surface area contributed by atoms with Gasteiger partial charge >= 0.3 is 5.97 Å². The molecule has 1 aromatic rings. The Hall–Kier alpha value is -1.36. The molecule has 1 heterocycles. The topological polar surface area (TPSA) is 56.2 Å². The lowest BCUT2D eigenvalue weighted by Crippen LogP contribution is -2.39. The summed E-state index contributed by atoms with van der Waals surface area (Å²) in [6.45, 7) is 8.86. The van der Waals surface area contributed by atoms with Gasteiger partial charge in [-0.05, 0) is 39.8 Å². The molecule has 0 saturated heterocycles. The third kappa shape index (κ3) is 3.10. The van der Waals surface area contributed by atoms with E-state index in [-0.39, 0.29) is 12.0 Å². The minimum atomic E-state index is -0.354. The fourth-order valence-electron chi connectivity index (χ4n) is 2.12. The Kier molecular flexibility index (Phi) is 5.34. The van der Waals surface area contributed by atoms with Crippen LogP contribution in [0.3, 0.4) is 0 Å². The van der Waals surface area contributed by atoms with Crippen LogP contribution in [-0.2, 0) is 22.5 Å². The highest BCUT2D eigenvalue weighted by atomic mass is 16.5. The van der Waals surface area contributed by atoms with Gasteiger partial charge < -0.3 is 10.1 Å². The molecule has 0 spiro atoms. The van der Waals surface area contributed by atoms with Crippen LogP contribution < -0.4 is 5.32 Å². The van der Waals surface area contributed by atoms with Crippen LogP contribution in [0.25, 0.3) is 0 Å². The van der Waals surface area contributed by atoms with E-state index in [0.717, 1.165) is 17.8 Å². The summed E-state index contributed by atoms with van der Waals surface area (Å²) in [6.07, 6.45) is 0.960. The molecule has 0 aliphatic carbocycles. The van der Waals surface area contributed by atoms with Crippen LogP contribution in [0, 0.1) is 13.8 Å². The predicted molar refractivity (Wildman–Crippen MR) is 70.6 cm³/mol. The van der Waals surface area contributed by atoms with Crippen LogP contribution in [0.4, 0.5) is 0 Å². The van der Waals surface area contributed by atoms with E-state index < -0.39 is 0 Å². The second-order valence-corrected chi connectivity index (χ2v) is 4.28. The van der Waals surface area contributed by atoms with Gasteiger partial charge in [0, 0.05) is 5.69 Å². The number of aromatic nitrogens is 2. The van der Waals surface area contributed by atoms with Crippen molar-refractivity contribution < 1.29 is 9.53 Å². The Morgan fingerprint density at radius 2 is 2.11 bits per heavy atom. The Balaban J connectivity index is 2.85. The normalized spacial score (nSPS) is 12.5. The first-order chi connectivity index (χ1) is 8.54. The number of nitrogens with one attached hydrogen (secondary N) is 1. The minimum absolute atomic E-state index is 0.231. The van der Waals surface area contributed by atoms with Crippen LogP contribution in [0.15, 0.2) is 0 Å². The maximum Gasteiger partial charge on any atom is 0.325 e. The van der Waals surface area contributed by atoms with E-state index in [0.29, 0.717) is 13.2 Å². The Morgan fingerprint density at radius 1 is 1.44 bits per heavy atom. The van der Waals surface area contributed by atoms with Crippen molar-refractivity contribution in [1.82, 2.24) is 15.1 Å². The van der Waals surface area contributed by atoms with E-state index in [1.54, 1.807) is 7.05 Å². The standard InChI is InChI=1S/C13H23N3O2/c1-6-11-9(3)15-16(10(11)4)8-12(14-5)13(17)18-7-2/h12,14H,6-8H2,1-5H3. The average molecular weight is 253 g/mol. The number of carbonyl (C=O) groups is 1. The second kappa shape index (κ2) is 6.54. The van der Waals surface area contributed by atoms with Gasteiger partial charge in [-0.25, -0.2) is 0 Å². The summed E-state index contributed by atoms with van der Waals surface area (Å²) in [6, 6.07) is -0.354. The molecular weight excluding hydrogens is 230 g/mol. The Morgan fingerprint density at radius 3 is 2.56 bits per heavy atom. The maximum atomic E-state index is 11.7. The third-order valence-corrected chi connectivity index (χ3v) is 3.16. The summed E-state index contributed by atoms with van der Waals surface area (Å²) in [7, 11) is 1.76. The van der Waals surface area contributed by atoms with E-state index in [1.807, 2.05) is 25.5 Å². The first-order valence-electron chi connectivity index (χ1n) is 6.41. The monoisotopic (exact) mass is 253 g/mol. The number of rotatable bonds is 6. The summed E-state index contributed by atoms with van der Waals surface area (Å²) in [5.74, 6) is -0.231. The van der Waals surface area contributed by atoms with Crippen LogP contribution in [0.5, 0.6) is 0 Å². The fourth-order valence-corrected chi connectivity index (χ4v) is 2.12. The number of likely N-dealkylation sites (N-methyl/N-ethyl adjacent to an activating group) is 1. The van der Waals surface area contributed by atoms with Crippen LogP contribution in [0.2, 0.25) is 0 Å². The Bertz CT molecular complexity index is 413. The van der Waals surface area contributed by atoms with Crippen LogP contribution >= 0.6 is 0 Å². The molecule has 18 heavy (non-hydrogen) atoms. The molecule has 0 aliphatic rings. The van der Waals surface area contributed by atoms with Gasteiger partial charge in [0.2, 0.25) is 0 Å². The van der Waals surface area contributed by atoms with Crippen molar-refractivity contribution in [3.63, 3.8) is 0 Å². The van der Waals surface area contributed by atoms with Crippen molar-refractivity contribution in [2.45, 2.75) is 46.7 Å². The zero-order chi connectivity index (χ0) is 13.7. The van der Waals surface area contributed by atoms with Crippen LogP contribution in [0.1, 0.15) is 30.8 Å². The largest absolute Gasteiger partial charge is 0.465 e. The molecule has 0 bridgehead atoms.